The molecular weight excluding hydrogens is 434 g/mol. The van der Waals surface area contributed by atoms with Crippen LogP contribution in [-0.2, 0) is 11.8 Å². The second kappa shape index (κ2) is 9.25. The summed E-state index contributed by atoms with van der Waals surface area (Å²) in [6, 6.07) is 16.1. The minimum atomic E-state index is 0.108. The van der Waals surface area contributed by atoms with Crippen LogP contribution in [0.5, 0.6) is 0 Å². The van der Waals surface area contributed by atoms with Crippen molar-refractivity contribution in [2.45, 2.75) is 51.9 Å². The van der Waals surface area contributed by atoms with Gasteiger partial charge in [0.25, 0.3) is 0 Å². The number of aromatic nitrogens is 2. The molecule has 180 valence electrons. The van der Waals surface area contributed by atoms with E-state index in [-0.39, 0.29) is 5.41 Å². The van der Waals surface area contributed by atoms with Crippen molar-refractivity contribution >= 4 is 23.2 Å². The predicted octanol–water partition coefficient (Wildman–Crippen LogP) is 6.86. The van der Waals surface area contributed by atoms with Crippen LogP contribution in [0, 0.1) is 4.91 Å². The average Bonchev–Trinajstić information content (AvgIpc) is 3.32. The zero-order valence-electron chi connectivity index (χ0n) is 20.9. The first-order valence-corrected chi connectivity index (χ1v) is 12.5. The van der Waals surface area contributed by atoms with Gasteiger partial charge in [0.1, 0.15) is 11.5 Å². The van der Waals surface area contributed by atoms with Crippen LogP contribution in [0.2, 0.25) is 0 Å². The zero-order valence-corrected chi connectivity index (χ0v) is 20.9. The van der Waals surface area contributed by atoms with E-state index >= 15 is 0 Å². The third-order valence-corrected chi connectivity index (χ3v) is 7.09. The summed E-state index contributed by atoms with van der Waals surface area (Å²) in [5.74, 6) is 1.68. The van der Waals surface area contributed by atoms with E-state index in [0.717, 1.165) is 78.7 Å². The van der Waals surface area contributed by atoms with Gasteiger partial charge >= 0.3 is 0 Å². The minimum absolute atomic E-state index is 0.108. The smallest absolute Gasteiger partial charge is 0.227 e. The number of piperidine rings is 1. The lowest BCUT2D eigenvalue weighted by molar-refractivity contribution is 0.568. The van der Waals surface area contributed by atoms with Crippen molar-refractivity contribution in [1.29, 1.82) is 0 Å². The lowest BCUT2D eigenvalue weighted by atomic mass is 9.86. The highest BCUT2D eigenvalue weighted by Crippen LogP contribution is 2.40. The second-order valence-electron chi connectivity index (χ2n) is 10.5. The Balaban J connectivity index is 1.57. The van der Waals surface area contributed by atoms with E-state index in [0.29, 0.717) is 5.69 Å². The monoisotopic (exact) mass is 467 g/mol. The number of nitrogens with zero attached hydrogens (tertiary/aromatic N) is 5. The Kier molecular flexibility index (Phi) is 6.13. The second-order valence-corrected chi connectivity index (χ2v) is 10.5. The van der Waals surface area contributed by atoms with E-state index in [4.69, 9.17) is 9.97 Å². The van der Waals surface area contributed by atoms with E-state index in [2.05, 4.69) is 66.6 Å². The first-order valence-electron chi connectivity index (χ1n) is 12.5. The molecule has 1 fully saturated rings. The molecule has 2 aliphatic rings. The van der Waals surface area contributed by atoms with Crippen molar-refractivity contribution < 1.29 is 0 Å². The van der Waals surface area contributed by atoms with E-state index in [9.17, 15) is 4.91 Å². The molecule has 0 bridgehead atoms. The predicted molar refractivity (Wildman–Crippen MR) is 144 cm³/mol. The third-order valence-electron chi connectivity index (χ3n) is 7.09. The molecule has 0 aliphatic carbocycles. The molecule has 2 aromatic carbocycles. The van der Waals surface area contributed by atoms with Gasteiger partial charge in [0.2, 0.25) is 5.95 Å². The molecule has 0 atom stereocenters. The molecule has 5 rings (SSSR count). The molecule has 0 amide bonds. The normalized spacial score (nSPS) is 15.7. The zero-order chi connectivity index (χ0) is 24.6. The van der Waals surface area contributed by atoms with Crippen LogP contribution in [0.3, 0.4) is 0 Å². The maximum Gasteiger partial charge on any atom is 0.227 e. The van der Waals surface area contributed by atoms with Crippen molar-refractivity contribution in [3.8, 4) is 11.3 Å². The molecule has 35 heavy (non-hydrogen) atoms. The largest absolute Gasteiger partial charge is 0.341 e. The first kappa shape index (κ1) is 23.2. The number of hydrogen-bond donors (Lipinski definition) is 0. The van der Waals surface area contributed by atoms with Crippen molar-refractivity contribution in [1.82, 2.24) is 9.97 Å². The Bertz CT molecular complexity index is 1250. The van der Waals surface area contributed by atoms with Crippen LogP contribution >= 0.6 is 0 Å². The van der Waals surface area contributed by atoms with Crippen LogP contribution in [-0.4, -0.2) is 29.6 Å². The molecular formula is C29H33N5O. The molecule has 1 aromatic heterocycles. The molecule has 0 spiro atoms. The Morgan fingerprint density at radius 1 is 0.971 bits per heavy atom. The number of hydrogen-bond acceptors (Lipinski definition) is 6. The number of rotatable bonds is 5. The summed E-state index contributed by atoms with van der Waals surface area (Å²) in [5.41, 5.74) is 6.75. The number of benzene rings is 2. The maximum absolute atomic E-state index is 11.2. The quantitative estimate of drug-likeness (QED) is 0.384. The van der Waals surface area contributed by atoms with E-state index in [1.54, 1.807) is 6.07 Å². The van der Waals surface area contributed by atoms with Crippen LogP contribution < -0.4 is 9.80 Å². The van der Waals surface area contributed by atoms with Gasteiger partial charge in [-0.15, -0.1) is 4.91 Å². The highest BCUT2D eigenvalue weighted by atomic mass is 16.3. The number of nitroso groups, excluding NO2 is 1. The van der Waals surface area contributed by atoms with Crippen LogP contribution in [0.4, 0.5) is 17.5 Å². The molecule has 1 saturated heterocycles. The van der Waals surface area contributed by atoms with E-state index in [1.165, 1.54) is 12.0 Å². The molecule has 6 heteroatoms. The van der Waals surface area contributed by atoms with Crippen LogP contribution in [0.25, 0.3) is 17.0 Å². The fraction of sp³-hybridized carbons (Fsp3) is 0.379. The topological polar surface area (TPSA) is 61.7 Å². The summed E-state index contributed by atoms with van der Waals surface area (Å²) < 4.78 is 0. The first-order chi connectivity index (χ1) is 16.8. The van der Waals surface area contributed by atoms with E-state index < -0.39 is 0 Å². The Labute approximate surface area is 207 Å². The third kappa shape index (κ3) is 4.57. The van der Waals surface area contributed by atoms with Gasteiger partial charge in [-0.3, -0.25) is 0 Å². The molecule has 0 saturated carbocycles. The Morgan fingerprint density at radius 2 is 1.71 bits per heavy atom. The Morgan fingerprint density at radius 3 is 2.40 bits per heavy atom. The highest BCUT2D eigenvalue weighted by Gasteiger charge is 2.30. The van der Waals surface area contributed by atoms with Crippen molar-refractivity contribution in [3.05, 3.63) is 76.7 Å². The fourth-order valence-corrected chi connectivity index (χ4v) is 5.01. The Hall–Kier alpha value is -3.54. The molecule has 0 unspecified atom stereocenters. The van der Waals surface area contributed by atoms with Gasteiger partial charge in [0.15, 0.2) is 0 Å². The standard InChI is InChI=1S/C29H33N5O/c1-20(21-11-13-23(14-12-21)29(2,3)4)34-18-15-25-26(22-9-8-10-24(19-22)32-35)30-28(31-27(25)34)33-16-6-5-7-17-33/h8-14,19H,1,5-7,15-18H2,2-4H3. The van der Waals surface area contributed by atoms with Crippen LogP contribution in [0.1, 0.15) is 56.7 Å². The summed E-state index contributed by atoms with van der Waals surface area (Å²) in [4.78, 5) is 25.8. The summed E-state index contributed by atoms with van der Waals surface area (Å²) in [7, 11) is 0. The SMILES string of the molecule is C=C(c1ccc(C(C)(C)C)cc1)N1CCc2c(-c3cccc(N=O)c3)nc(N3CCCCC3)nc21. The van der Waals surface area contributed by atoms with Gasteiger partial charge in [0.05, 0.1) is 5.69 Å². The molecule has 3 heterocycles. The van der Waals surface area contributed by atoms with E-state index in [1.807, 2.05) is 18.2 Å². The minimum Gasteiger partial charge on any atom is -0.341 e. The van der Waals surface area contributed by atoms with Gasteiger partial charge in [0, 0.05) is 36.5 Å². The van der Waals surface area contributed by atoms with Gasteiger partial charge in [-0.05, 0) is 59.5 Å². The van der Waals surface area contributed by atoms with Crippen LogP contribution in [0.15, 0.2) is 60.3 Å². The van der Waals surface area contributed by atoms with Crippen molar-refractivity contribution in [2.24, 2.45) is 5.18 Å². The average molecular weight is 468 g/mol. The summed E-state index contributed by atoms with van der Waals surface area (Å²) in [6.07, 6.45) is 4.37. The number of fused-ring (bicyclic) bond motifs is 1. The summed E-state index contributed by atoms with van der Waals surface area (Å²) in [5, 5.41) is 3.14. The molecule has 3 aromatic rings. The van der Waals surface area contributed by atoms with Gasteiger partial charge in [-0.2, -0.15) is 4.98 Å². The highest BCUT2D eigenvalue weighted by molar-refractivity contribution is 5.84. The lowest BCUT2D eigenvalue weighted by Gasteiger charge is -2.29. The molecule has 6 nitrogen and oxygen atoms in total. The fourth-order valence-electron chi connectivity index (χ4n) is 5.01. The van der Waals surface area contributed by atoms with Gasteiger partial charge in [-0.25, -0.2) is 4.98 Å². The maximum atomic E-state index is 11.2. The summed E-state index contributed by atoms with van der Waals surface area (Å²) in [6.45, 7) is 13.9. The molecule has 2 aliphatic heterocycles. The summed E-state index contributed by atoms with van der Waals surface area (Å²) >= 11 is 0. The molecule has 0 radical (unpaired) electrons. The van der Waals surface area contributed by atoms with Gasteiger partial charge < -0.3 is 9.80 Å². The molecule has 0 N–H and O–H groups in total. The van der Waals surface area contributed by atoms with Crippen molar-refractivity contribution in [3.63, 3.8) is 0 Å². The lowest BCUT2D eigenvalue weighted by Crippen LogP contribution is -2.31. The number of anilines is 2. The van der Waals surface area contributed by atoms with Gasteiger partial charge in [-0.1, -0.05) is 63.7 Å². The van der Waals surface area contributed by atoms with Crippen molar-refractivity contribution in [2.75, 3.05) is 29.4 Å².